The Morgan fingerprint density at radius 3 is 2.55 bits per heavy atom. The van der Waals surface area contributed by atoms with Crippen LogP contribution in [0.5, 0.6) is 0 Å². The third kappa shape index (κ3) is 6.56. The van der Waals surface area contributed by atoms with E-state index in [-0.39, 0.29) is 18.3 Å². The molecule has 0 aliphatic rings. The molecule has 0 atom stereocenters. The first-order valence-corrected chi connectivity index (χ1v) is 7.12. The van der Waals surface area contributed by atoms with E-state index in [0.29, 0.717) is 18.1 Å². The maximum Gasteiger partial charge on any atom is 0.325 e. The number of rotatable bonds is 4. The molecule has 0 fully saturated rings. The molecule has 0 aliphatic heterocycles. The van der Waals surface area contributed by atoms with E-state index in [4.69, 9.17) is 4.74 Å². The van der Waals surface area contributed by atoms with Gasteiger partial charge in [-0.05, 0) is 44.9 Å². The highest BCUT2D eigenvalue weighted by Crippen LogP contribution is 2.09. The van der Waals surface area contributed by atoms with Crippen molar-refractivity contribution in [2.24, 2.45) is 4.99 Å². The van der Waals surface area contributed by atoms with Gasteiger partial charge < -0.3 is 15.4 Å². The molecular formula is C16H24FN3O2. The van der Waals surface area contributed by atoms with Crippen molar-refractivity contribution >= 4 is 11.9 Å². The van der Waals surface area contributed by atoms with Crippen molar-refractivity contribution in [1.82, 2.24) is 10.6 Å². The molecule has 0 aromatic heterocycles. The van der Waals surface area contributed by atoms with Crippen LogP contribution >= 0.6 is 0 Å². The molecule has 0 heterocycles. The smallest absolute Gasteiger partial charge is 0.325 e. The molecule has 1 rings (SSSR count). The van der Waals surface area contributed by atoms with Crippen molar-refractivity contribution in [2.45, 2.75) is 39.8 Å². The minimum absolute atomic E-state index is 0.0131. The van der Waals surface area contributed by atoms with Gasteiger partial charge in [-0.15, -0.1) is 0 Å². The number of nitrogens with zero attached hydrogens (tertiary/aromatic N) is 1. The van der Waals surface area contributed by atoms with Gasteiger partial charge in [0.05, 0.1) is 0 Å². The number of esters is 1. The van der Waals surface area contributed by atoms with E-state index < -0.39 is 5.60 Å². The molecule has 2 N–H and O–H groups in total. The zero-order valence-corrected chi connectivity index (χ0v) is 13.8. The van der Waals surface area contributed by atoms with Crippen molar-refractivity contribution < 1.29 is 13.9 Å². The maximum absolute atomic E-state index is 13.5. The van der Waals surface area contributed by atoms with Gasteiger partial charge in [0, 0.05) is 13.6 Å². The zero-order valence-electron chi connectivity index (χ0n) is 13.8. The Balaban J connectivity index is 2.46. The number of nitrogens with one attached hydrogen (secondary N) is 2. The Morgan fingerprint density at radius 2 is 2.00 bits per heavy atom. The highest BCUT2D eigenvalue weighted by molar-refractivity contribution is 5.84. The summed E-state index contributed by atoms with van der Waals surface area (Å²) in [7, 11) is 1.60. The van der Waals surface area contributed by atoms with Crippen molar-refractivity contribution in [3.05, 3.63) is 35.1 Å². The molecular weight excluding hydrogens is 285 g/mol. The number of benzene rings is 1. The van der Waals surface area contributed by atoms with E-state index in [2.05, 4.69) is 15.6 Å². The third-order valence-electron chi connectivity index (χ3n) is 2.74. The number of carbonyl (C=O) groups is 1. The Bertz CT molecular complexity index is 551. The summed E-state index contributed by atoms with van der Waals surface area (Å²) in [5.41, 5.74) is 0.884. The molecule has 5 nitrogen and oxygen atoms in total. The second-order valence-electron chi connectivity index (χ2n) is 5.95. The van der Waals surface area contributed by atoms with E-state index in [1.165, 1.54) is 6.07 Å². The Hall–Kier alpha value is -2.11. The predicted molar refractivity (Wildman–Crippen MR) is 85.2 cm³/mol. The molecule has 0 amide bonds. The largest absolute Gasteiger partial charge is 0.459 e. The van der Waals surface area contributed by atoms with Crippen molar-refractivity contribution in [1.29, 1.82) is 0 Å². The summed E-state index contributed by atoms with van der Waals surface area (Å²) in [6.07, 6.45) is 0. The van der Waals surface area contributed by atoms with Crippen LogP contribution in [0.4, 0.5) is 4.39 Å². The lowest BCUT2D eigenvalue weighted by molar-refractivity contribution is -0.153. The van der Waals surface area contributed by atoms with Crippen LogP contribution in [0, 0.1) is 12.7 Å². The number of hydrogen-bond donors (Lipinski definition) is 2. The first-order chi connectivity index (χ1) is 10.2. The minimum Gasteiger partial charge on any atom is -0.459 e. The van der Waals surface area contributed by atoms with Crippen molar-refractivity contribution in [2.75, 3.05) is 13.6 Å². The van der Waals surface area contributed by atoms with Gasteiger partial charge in [0.1, 0.15) is 18.0 Å². The molecule has 1 aromatic rings. The van der Waals surface area contributed by atoms with Crippen molar-refractivity contribution in [3.8, 4) is 0 Å². The second-order valence-corrected chi connectivity index (χ2v) is 5.95. The molecule has 1 aromatic carbocycles. The Morgan fingerprint density at radius 1 is 1.32 bits per heavy atom. The molecule has 0 saturated carbocycles. The van der Waals surface area contributed by atoms with Crippen LogP contribution in [0.15, 0.2) is 23.2 Å². The van der Waals surface area contributed by atoms with Crippen LogP contribution in [0.2, 0.25) is 0 Å². The number of ether oxygens (including phenoxy) is 1. The summed E-state index contributed by atoms with van der Waals surface area (Å²) < 4.78 is 18.7. The van der Waals surface area contributed by atoms with Gasteiger partial charge in [0.25, 0.3) is 0 Å². The van der Waals surface area contributed by atoms with Crippen LogP contribution in [-0.4, -0.2) is 31.1 Å². The SMILES string of the molecule is CN=C(NCC(=O)OC(C)(C)C)NCc1ccc(C)c(F)c1. The molecule has 0 saturated heterocycles. The summed E-state index contributed by atoms with van der Waals surface area (Å²) in [6, 6.07) is 5.04. The molecule has 6 heteroatoms. The van der Waals surface area contributed by atoms with Gasteiger partial charge in [-0.1, -0.05) is 12.1 Å². The average molecular weight is 309 g/mol. The number of guanidine groups is 1. The van der Waals surface area contributed by atoms with Gasteiger partial charge >= 0.3 is 5.97 Å². The van der Waals surface area contributed by atoms with Crippen LogP contribution in [0.25, 0.3) is 0 Å². The van der Waals surface area contributed by atoms with E-state index in [0.717, 1.165) is 5.56 Å². The maximum atomic E-state index is 13.5. The number of carbonyl (C=O) groups excluding carboxylic acids is 1. The summed E-state index contributed by atoms with van der Waals surface area (Å²) >= 11 is 0. The van der Waals surface area contributed by atoms with Gasteiger partial charge in [-0.2, -0.15) is 0 Å². The van der Waals surface area contributed by atoms with E-state index >= 15 is 0 Å². The summed E-state index contributed by atoms with van der Waals surface area (Å²) in [5.74, 6) is -0.153. The lowest BCUT2D eigenvalue weighted by atomic mass is 10.1. The normalized spacial score (nSPS) is 12.0. The summed E-state index contributed by atoms with van der Waals surface area (Å²) in [5, 5.41) is 5.87. The first kappa shape index (κ1) is 17.9. The van der Waals surface area contributed by atoms with E-state index in [1.54, 1.807) is 20.0 Å². The van der Waals surface area contributed by atoms with Gasteiger partial charge in [-0.3, -0.25) is 9.79 Å². The van der Waals surface area contributed by atoms with Gasteiger partial charge in [0.15, 0.2) is 5.96 Å². The topological polar surface area (TPSA) is 62.7 Å². The zero-order chi connectivity index (χ0) is 16.8. The van der Waals surface area contributed by atoms with E-state index in [1.807, 2.05) is 26.8 Å². The fourth-order valence-corrected chi connectivity index (χ4v) is 1.69. The standard InChI is InChI=1S/C16H24FN3O2/c1-11-6-7-12(8-13(11)17)9-19-15(18-5)20-10-14(21)22-16(2,3)4/h6-8H,9-10H2,1-5H3,(H2,18,19,20). The number of hydrogen-bond acceptors (Lipinski definition) is 3. The van der Waals surface area contributed by atoms with Gasteiger partial charge in [-0.25, -0.2) is 4.39 Å². The fourth-order valence-electron chi connectivity index (χ4n) is 1.69. The quantitative estimate of drug-likeness (QED) is 0.508. The molecule has 122 valence electrons. The molecule has 22 heavy (non-hydrogen) atoms. The average Bonchev–Trinajstić information content (AvgIpc) is 2.41. The highest BCUT2D eigenvalue weighted by atomic mass is 19.1. The monoisotopic (exact) mass is 309 g/mol. The fraction of sp³-hybridized carbons (Fsp3) is 0.500. The number of aliphatic imine (C=N–C) groups is 1. The lowest BCUT2D eigenvalue weighted by Gasteiger charge is -2.20. The van der Waals surface area contributed by atoms with Crippen LogP contribution in [0.1, 0.15) is 31.9 Å². The first-order valence-electron chi connectivity index (χ1n) is 7.12. The molecule has 0 spiro atoms. The minimum atomic E-state index is -0.519. The summed E-state index contributed by atoms with van der Waals surface area (Å²) in [6.45, 7) is 7.57. The summed E-state index contributed by atoms with van der Waals surface area (Å²) in [4.78, 5) is 15.6. The van der Waals surface area contributed by atoms with Crippen LogP contribution in [0.3, 0.4) is 0 Å². The van der Waals surface area contributed by atoms with Crippen LogP contribution < -0.4 is 10.6 Å². The number of halogens is 1. The van der Waals surface area contributed by atoms with Crippen LogP contribution in [-0.2, 0) is 16.1 Å². The Labute approximate surface area is 131 Å². The Kier molecular flexibility index (Phi) is 6.34. The predicted octanol–water partition coefficient (Wildman–Crippen LogP) is 2.14. The molecule has 0 radical (unpaired) electrons. The molecule has 0 unspecified atom stereocenters. The highest BCUT2D eigenvalue weighted by Gasteiger charge is 2.16. The lowest BCUT2D eigenvalue weighted by Crippen LogP contribution is -2.41. The molecule has 0 bridgehead atoms. The van der Waals surface area contributed by atoms with Gasteiger partial charge in [0.2, 0.25) is 0 Å². The van der Waals surface area contributed by atoms with Crippen molar-refractivity contribution in [3.63, 3.8) is 0 Å². The third-order valence-corrected chi connectivity index (χ3v) is 2.74. The second kappa shape index (κ2) is 7.77. The van der Waals surface area contributed by atoms with E-state index in [9.17, 15) is 9.18 Å². The number of aryl methyl sites for hydroxylation is 1. The molecule has 0 aliphatic carbocycles.